The number of nitrogens with zero attached hydrogens (tertiary/aromatic N) is 3. The molecule has 0 bridgehead atoms. The number of likely N-dealkylation sites (N-methyl/N-ethyl adjacent to an activating group) is 1. The van der Waals surface area contributed by atoms with Gasteiger partial charge in [-0.05, 0) is 69.4 Å². The topological polar surface area (TPSA) is 103 Å². The second-order valence-corrected chi connectivity index (χ2v) is 8.33. The fourth-order valence-corrected chi connectivity index (χ4v) is 3.63. The lowest BCUT2D eigenvalue weighted by atomic mass is 10.1. The van der Waals surface area contributed by atoms with E-state index in [9.17, 15) is 13.2 Å². The van der Waals surface area contributed by atoms with Crippen molar-refractivity contribution in [1.82, 2.24) is 14.9 Å². The quantitative estimate of drug-likeness (QED) is 0.264. The minimum atomic E-state index is -0.631. The molecule has 0 fully saturated rings. The van der Waals surface area contributed by atoms with Gasteiger partial charge in [-0.3, -0.25) is 0 Å². The molecule has 0 aliphatic heterocycles. The highest BCUT2D eigenvalue weighted by atomic mass is 32.2. The average molecular weight is 476 g/mol. The molecule has 0 aliphatic carbocycles. The first kappa shape index (κ1) is 24.3. The Morgan fingerprint density at radius 3 is 2.52 bits per heavy atom. The molecule has 0 radical (unpaired) electrons. The molecule has 1 heterocycles. The van der Waals surface area contributed by atoms with E-state index in [4.69, 9.17) is 11.1 Å². The third-order valence-corrected chi connectivity index (χ3v) is 5.41. The largest absolute Gasteiger partial charge is 0.383 e. The Kier molecular flexibility index (Phi) is 7.77. The molecule has 5 N–H and O–H groups in total. The molecule has 3 aromatic rings. The van der Waals surface area contributed by atoms with Gasteiger partial charge in [-0.25, -0.2) is 23.1 Å². The highest BCUT2D eigenvalue weighted by Crippen LogP contribution is 2.30. The number of benzene rings is 2. The van der Waals surface area contributed by atoms with Crippen LogP contribution in [0.15, 0.2) is 41.3 Å². The second-order valence-electron chi connectivity index (χ2n) is 7.48. The number of nitrogens with two attached hydrogens (primary N) is 1. The number of rotatable bonds is 9. The van der Waals surface area contributed by atoms with E-state index in [-0.39, 0.29) is 27.9 Å². The van der Waals surface area contributed by atoms with E-state index in [1.165, 1.54) is 12.1 Å². The van der Waals surface area contributed by atoms with Crippen molar-refractivity contribution in [3.05, 3.63) is 59.4 Å². The van der Waals surface area contributed by atoms with Gasteiger partial charge in [0.1, 0.15) is 29.1 Å². The molecule has 0 unspecified atom stereocenters. The lowest BCUT2D eigenvalue weighted by molar-refractivity contribution is 0.425. The van der Waals surface area contributed by atoms with E-state index < -0.39 is 17.5 Å². The van der Waals surface area contributed by atoms with Crippen LogP contribution in [0.2, 0.25) is 0 Å². The first-order valence-corrected chi connectivity index (χ1v) is 10.8. The smallest absolute Gasteiger partial charge is 0.163 e. The molecule has 33 heavy (non-hydrogen) atoms. The van der Waals surface area contributed by atoms with Crippen molar-refractivity contribution < 1.29 is 13.2 Å². The SMILES string of the molecule is CC(=N)c1c(N)nc(-c2ccc(NSc3cc(F)ccc3F)c(F)c2)nc1NCCN(C)C. The van der Waals surface area contributed by atoms with E-state index >= 15 is 0 Å². The van der Waals surface area contributed by atoms with Gasteiger partial charge >= 0.3 is 0 Å². The van der Waals surface area contributed by atoms with Crippen LogP contribution in [0.25, 0.3) is 11.4 Å². The third kappa shape index (κ3) is 6.14. The van der Waals surface area contributed by atoms with Crippen LogP contribution in [0.1, 0.15) is 12.5 Å². The Bertz CT molecular complexity index is 1170. The summed E-state index contributed by atoms with van der Waals surface area (Å²) in [5.41, 5.74) is 7.13. The van der Waals surface area contributed by atoms with Gasteiger partial charge < -0.3 is 26.1 Å². The summed E-state index contributed by atoms with van der Waals surface area (Å²) in [5, 5.41) is 11.2. The van der Waals surface area contributed by atoms with Gasteiger partial charge in [-0.2, -0.15) is 0 Å². The highest BCUT2D eigenvalue weighted by Gasteiger charge is 2.17. The fourth-order valence-electron chi connectivity index (χ4n) is 2.91. The zero-order valence-corrected chi connectivity index (χ0v) is 19.2. The van der Waals surface area contributed by atoms with E-state index in [0.717, 1.165) is 36.7 Å². The lowest BCUT2D eigenvalue weighted by Crippen LogP contribution is -2.22. The molecular weight excluding hydrogens is 451 g/mol. The van der Waals surface area contributed by atoms with Gasteiger partial charge in [-0.1, -0.05) is 0 Å². The number of anilines is 3. The maximum atomic E-state index is 14.7. The summed E-state index contributed by atoms with van der Waals surface area (Å²) in [6.45, 7) is 2.88. The van der Waals surface area contributed by atoms with Crippen LogP contribution >= 0.6 is 11.9 Å². The van der Waals surface area contributed by atoms with Crippen LogP contribution in [-0.4, -0.2) is 47.8 Å². The Balaban J connectivity index is 1.85. The van der Waals surface area contributed by atoms with Crippen molar-refractivity contribution in [2.75, 3.05) is 43.0 Å². The number of halogens is 3. The van der Waals surface area contributed by atoms with Crippen LogP contribution < -0.4 is 15.8 Å². The number of hydrogen-bond donors (Lipinski definition) is 4. The summed E-state index contributed by atoms with van der Waals surface area (Å²) in [7, 11) is 3.87. The maximum Gasteiger partial charge on any atom is 0.163 e. The highest BCUT2D eigenvalue weighted by molar-refractivity contribution is 8.00. The van der Waals surface area contributed by atoms with Gasteiger partial charge in [0.25, 0.3) is 0 Å². The number of nitrogen functional groups attached to an aromatic ring is 1. The minimum absolute atomic E-state index is 0.000580. The van der Waals surface area contributed by atoms with Gasteiger partial charge in [0.2, 0.25) is 0 Å². The molecule has 1 aromatic heterocycles. The van der Waals surface area contributed by atoms with E-state index in [2.05, 4.69) is 20.0 Å². The first-order valence-electron chi connectivity index (χ1n) is 9.95. The van der Waals surface area contributed by atoms with Gasteiger partial charge in [0.15, 0.2) is 5.82 Å². The third-order valence-electron chi connectivity index (χ3n) is 4.55. The Morgan fingerprint density at radius 2 is 1.85 bits per heavy atom. The van der Waals surface area contributed by atoms with E-state index in [0.29, 0.717) is 23.5 Å². The second kappa shape index (κ2) is 10.5. The van der Waals surface area contributed by atoms with Gasteiger partial charge in [0.05, 0.1) is 16.1 Å². The number of hydrogen-bond acceptors (Lipinski definition) is 8. The first-order chi connectivity index (χ1) is 15.7. The molecule has 0 amide bonds. The van der Waals surface area contributed by atoms with Crippen LogP contribution in [0.5, 0.6) is 0 Å². The molecule has 3 rings (SSSR count). The molecule has 0 atom stereocenters. The standard InChI is InChI=1S/C22H24F3N7S/c1-12(26)19-20(27)29-21(30-22(19)28-8-9-32(2)3)13-4-7-17(16(25)10-13)31-33-18-11-14(23)5-6-15(18)24/h4-7,10-11,26,31H,8-9H2,1-3H3,(H3,27,28,29,30). The summed E-state index contributed by atoms with van der Waals surface area (Å²) in [6.07, 6.45) is 0. The van der Waals surface area contributed by atoms with Crippen LogP contribution in [-0.2, 0) is 0 Å². The fraction of sp³-hybridized carbons (Fsp3) is 0.227. The van der Waals surface area contributed by atoms with Crippen molar-refractivity contribution in [2.45, 2.75) is 11.8 Å². The zero-order chi connectivity index (χ0) is 24.1. The molecule has 7 nitrogen and oxygen atoms in total. The molecule has 0 saturated carbocycles. The molecule has 0 aliphatic rings. The van der Waals surface area contributed by atoms with Crippen LogP contribution in [0.4, 0.5) is 30.5 Å². The van der Waals surface area contributed by atoms with Crippen molar-refractivity contribution in [1.29, 1.82) is 5.41 Å². The van der Waals surface area contributed by atoms with Gasteiger partial charge in [-0.15, -0.1) is 0 Å². The average Bonchev–Trinajstić information content (AvgIpc) is 2.74. The van der Waals surface area contributed by atoms with Crippen LogP contribution in [0, 0.1) is 22.9 Å². The maximum absolute atomic E-state index is 14.7. The molecule has 0 spiro atoms. The Morgan fingerprint density at radius 1 is 1.09 bits per heavy atom. The summed E-state index contributed by atoms with van der Waals surface area (Å²) in [6, 6.07) is 7.29. The zero-order valence-electron chi connectivity index (χ0n) is 18.3. The van der Waals surface area contributed by atoms with Crippen LogP contribution in [0.3, 0.4) is 0 Å². The van der Waals surface area contributed by atoms with Crippen molar-refractivity contribution in [3.63, 3.8) is 0 Å². The predicted octanol–water partition coefficient (Wildman–Crippen LogP) is 4.62. The van der Waals surface area contributed by atoms with Crippen molar-refractivity contribution in [2.24, 2.45) is 0 Å². The normalized spacial score (nSPS) is 11.0. The monoisotopic (exact) mass is 475 g/mol. The van der Waals surface area contributed by atoms with E-state index in [1.807, 2.05) is 19.0 Å². The lowest BCUT2D eigenvalue weighted by Gasteiger charge is -2.16. The molecule has 11 heteroatoms. The summed E-state index contributed by atoms with van der Waals surface area (Å²) in [4.78, 5) is 10.7. The number of nitrogens with one attached hydrogen (secondary N) is 3. The summed E-state index contributed by atoms with van der Waals surface area (Å²) in [5.74, 6) is -1.14. The van der Waals surface area contributed by atoms with Crippen molar-refractivity contribution >= 4 is 35.0 Å². The predicted molar refractivity (Wildman–Crippen MR) is 127 cm³/mol. The molecule has 174 valence electrons. The minimum Gasteiger partial charge on any atom is -0.383 e. The molecule has 2 aromatic carbocycles. The van der Waals surface area contributed by atoms with E-state index in [1.54, 1.807) is 13.0 Å². The summed E-state index contributed by atoms with van der Waals surface area (Å²) >= 11 is 0.758. The van der Waals surface area contributed by atoms with Crippen molar-refractivity contribution in [3.8, 4) is 11.4 Å². The number of aromatic nitrogens is 2. The Labute approximate surface area is 194 Å². The Hall–Kier alpha value is -3.31. The summed E-state index contributed by atoms with van der Waals surface area (Å²) < 4.78 is 44.5. The molecular formula is C22H24F3N7S. The van der Waals surface area contributed by atoms with Gasteiger partial charge in [0, 0.05) is 24.4 Å². The molecule has 0 saturated heterocycles.